The van der Waals surface area contributed by atoms with Gasteiger partial charge in [0.2, 0.25) is 5.91 Å². The van der Waals surface area contributed by atoms with E-state index in [1.54, 1.807) is 18.2 Å². The number of anilines is 1. The molecule has 1 fully saturated rings. The first kappa shape index (κ1) is 18.8. The van der Waals surface area contributed by atoms with Gasteiger partial charge in [-0.15, -0.1) is 5.10 Å². The van der Waals surface area contributed by atoms with Crippen LogP contribution in [0.25, 0.3) is 0 Å². The number of amides is 1. The fourth-order valence-electron chi connectivity index (χ4n) is 2.66. The molecule has 1 aliphatic heterocycles. The molecule has 140 valence electrons. The quantitative estimate of drug-likeness (QED) is 0.693. The number of hydrogen-bond donors (Lipinski definition) is 2. The minimum absolute atomic E-state index is 0.00852. The summed E-state index contributed by atoms with van der Waals surface area (Å²) in [5.41, 5.74) is 0.185. The van der Waals surface area contributed by atoms with E-state index in [9.17, 15) is 9.59 Å². The third-order valence-electron chi connectivity index (χ3n) is 3.90. The number of nitrogens with one attached hydrogen (secondary N) is 2. The normalized spacial score (nSPS) is 16.6. The Morgan fingerprint density at radius 2 is 2.42 bits per heavy atom. The second kappa shape index (κ2) is 8.61. The monoisotopic (exact) mass is 398 g/mol. The number of benzene rings is 1. The van der Waals surface area contributed by atoms with E-state index in [0.29, 0.717) is 34.8 Å². The number of hydrogen-bond acceptors (Lipinski definition) is 6. The van der Waals surface area contributed by atoms with Crippen LogP contribution in [0.3, 0.4) is 0 Å². The Morgan fingerprint density at radius 3 is 3.15 bits per heavy atom. The average molecular weight is 399 g/mol. The van der Waals surface area contributed by atoms with Gasteiger partial charge in [-0.1, -0.05) is 23.4 Å². The second-order valence-electron chi connectivity index (χ2n) is 5.74. The lowest BCUT2D eigenvalue weighted by Crippen LogP contribution is -2.25. The Bertz CT molecular complexity index is 832. The van der Waals surface area contributed by atoms with Gasteiger partial charge in [0.05, 0.1) is 31.2 Å². The van der Waals surface area contributed by atoms with Gasteiger partial charge < -0.3 is 14.8 Å². The number of nitrogens with zero attached hydrogens (tertiary/aromatic N) is 2. The highest BCUT2D eigenvalue weighted by atomic mass is 35.5. The minimum Gasteiger partial charge on any atom is -0.495 e. The van der Waals surface area contributed by atoms with Crippen LogP contribution >= 0.6 is 23.4 Å². The summed E-state index contributed by atoms with van der Waals surface area (Å²) in [6, 6.07) is 4.97. The summed E-state index contributed by atoms with van der Waals surface area (Å²) < 4.78 is 12.3. The summed E-state index contributed by atoms with van der Waals surface area (Å²) >= 11 is 7.13. The Balaban J connectivity index is 1.61. The van der Waals surface area contributed by atoms with E-state index in [4.69, 9.17) is 21.1 Å². The van der Waals surface area contributed by atoms with Crippen molar-refractivity contribution in [1.82, 2.24) is 14.8 Å². The highest BCUT2D eigenvalue weighted by Gasteiger charge is 2.20. The molecule has 3 rings (SSSR count). The molecular formula is C16H19ClN4O4S. The number of thioether (sulfide) groups is 1. The SMILES string of the molecule is COc1ccc(Cl)cc1NC(=O)CSc1n[nH]c(=O)n1C[C@H]1CCCO1. The zero-order valence-corrected chi connectivity index (χ0v) is 15.7. The van der Waals surface area contributed by atoms with Crippen molar-refractivity contribution in [2.45, 2.75) is 30.6 Å². The van der Waals surface area contributed by atoms with Crippen molar-refractivity contribution in [1.29, 1.82) is 0 Å². The van der Waals surface area contributed by atoms with Crippen LogP contribution in [0.5, 0.6) is 5.75 Å². The number of halogens is 1. The first-order chi connectivity index (χ1) is 12.6. The molecule has 1 amide bonds. The van der Waals surface area contributed by atoms with E-state index in [1.165, 1.54) is 23.4 Å². The van der Waals surface area contributed by atoms with E-state index in [1.807, 2.05) is 0 Å². The number of aromatic amines is 1. The maximum Gasteiger partial charge on any atom is 0.344 e. The third kappa shape index (κ3) is 4.60. The van der Waals surface area contributed by atoms with Crippen LogP contribution < -0.4 is 15.7 Å². The van der Waals surface area contributed by atoms with Gasteiger partial charge in [0, 0.05) is 11.6 Å². The molecular weight excluding hydrogens is 380 g/mol. The van der Waals surface area contributed by atoms with Crippen molar-refractivity contribution in [2.24, 2.45) is 0 Å². The van der Waals surface area contributed by atoms with Crippen LogP contribution in [0.2, 0.25) is 5.02 Å². The molecule has 0 radical (unpaired) electrons. The van der Waals surface area contributed by atoms with Gasteiger partial charge in [0.15, 0.2) is 5.16 Å². The lowest BCUT2D eigenvalue weighted by Gasteiger charge is -2.12. The van der Waals surface area contributed by atoms with Gasteiger partial charge >= 0.3 is 5.69 Å². The number of methoxy groups -OCH3 is 1. The number of H-pyrrole nitrogens is 1. The number of aromatic nitrogens is 3. The lowest BCUT2D eigenvalue weighted by atomic mass is 10.2. The standard InChI is InChI=1S/C16H19ClN4O4S/c1-24-13-5-4-10(17)7-12(13)18-14(22)9-26-16-20-19-15(23)21(16)8-11-3-2-6-25-11/h4-5,7,11H,2-3,6,8-9H2,1H3,(H,18,22)(H,19,23)/t11-/m1/s1. The molecule has 0 saturated carbocycles. The van der Waals surface area contributed by atoms with Crippen molar-refractivity contribution >= 4 is 35.0 Å². The number of ether oxygens (including phenoxy) is 2. The van der Waals surface area contributed by atoms with Crippen molar-refractivity contribution in [3.63, 3.8) is 0 Å². The van der Waals surface area contributed by atoms with Crippen molar-refractivity contribution < 1.29 is 14.3 Å². The van der Waals surface area contributed by atoms with Crippen LogP contribution in [-0.4, -0.2) is 46.2 Å². The van der Waals surface area contributed by atoms with Gasteiger partial charge in [-0.05, 0) is 31.0 Å². The molecule has 1 aromatic carbocycles. The maximum absolute atomic E-state index is 12.2. The van der Waals surface area contributed by atoms with Crippen molar-refractivity contribution in [2.75, 3.05) is 24.8 Å². The molecule has 2 aromatic rings. The van der Waals surface area contributed by atoms with Gasteiger partial charge in [0.1, 0.15) is 5.75 Å². The Morgan fingerprint density at radius 1 is 1.58 bits per heavy atom. The van der Waals surface area contributed by atoms with E-state index in [0.717, 1.165) is 12.8 Å². The zero-order chi connectivity index (χ0) is 18.5. The smallest absolute Gasteiger partial charge is 0.344 e. The van der Waals surface area contributed by atoms with E-state index in [-0.39, 0.29) is 23.5 Å². The fourth-order valence-corrected chi connectivity index (χ4v) is 3.59. The van der Waals surface area contributed by atoms with Gasteiger partial charge in [0.25, 0.3) is 0 Å². The largest absolute Gasteiger partial charge is 0.495 e. The molecule has 0 aliphatic carbocycles. The molecule has 1 atom stereocenters. The lowest BCUT2D eigenvalue weighted by molar-refractivity contribution is -0.113. The third-order valence-corrected chi connectivity index (χ3v) is 5.11. The summed E-state index contributed by atoms with van der Waals surface area (Å²) in [5.74, 6) is 0.350. The highest BCUT2D eigenvalue weighted by molar-refractivity contribution is 7.99. The van der Waals surface area contributed by atoms with Crippen LogP contribution in [0.1, 0.15) is 12.8 Å². The first-order valence-corrected chi connectivity index (χ1v) is 9.46. The minimum atomic E-state index is -0.306. The molecule has 1 aromatic heterocycles. The molecule has 26 heavy (non-hydrogen) atoms. The number of carbonyl (C=O) groups excluding carboxylic acids is 1. The predicted molar refractivity (Wildman–Crippen MR) is 99.2 cm³/mol. The molecule has 1 saturated heterocycles. The van der Waals surface area contributed by atoms with Gasteiger partial charge in [-0.2, -0.15) is 0 Å². The fraction of sp³-hybridized carbons (Fsp3) is 0.438. The van der Waals surface area contributed by atoms with Crippen LogP contribution in [-0.2, 0) is 16.1 Å². The molecule has 2 heterocycles. The Kier molecular flexibility index (Phi) is 6.23. The molecule has 0 bridgehead atoms. The van der Waals surface area contributed by atoms with Crippen LogP contribution in [0.15, 0.2) is 28.2 Å². The summed E-state index contributed by atoms with van der Waals surface area (Å²) in [6.07, 6.45) is 1.91. The van der Waals surface area contributed by atoms with Gasteiger partial charge in [-0.3, -0.25) is 9.36 Å². The van der Waals surface area contributed by atoms with Crippen molar-refractivity contribution in [3.8, 4) is 5.75 Å². The Labute approximate surface area is 159 Å². The van der Waals surface area contributed by atoms with E-state index >= 15 is 0 Å². The number of rotatable bonds is 7. The molecule has 10 heteroatoms. The van der Waals surface area contributed by atoms with Crippen LogP contribution in [0, 0.1) is 0 Å². The zero-order valence-electron chi connectivity index (χ0n) is 14.2. The molecule has 0 unspecified atom stereocenters. The summed E-state index contributed by atoms with van der Waals surface area (Å²) in [7, 11) is 1.52. The molecule has 0 spiro atoms. The van der Waals surface area contributed by atoms with E-state index in [2.05, 4.69) is 15.5 Å². The first-order valence-electron chi connectivity index (χ1n) is 8.10. The predicted octanol–water partition coefficient (Wildman–Crippen LogP) is 2.14. The molecule has 2 N–H and O–H groups in total. The van der Waals surface area contributed by atoms with E-state index < -0.39 is 0 Å². The molecule has 8 nitrogen and oxygen atoms in total. The van der Waals surface area contributed by atoms with Gasteiger partial charge in [-0.25, -0.2) is 9.89 Å². The Hall–Kier alpha value is -1.97. The summed E-state index contributed by atoms with van der Waals surface area (Å²) in [6.45, 7) is 1.14. The van der Waals surface area contributed by atoms with Crippen molar-refractivity contribution in [3.05, 3.63) is 33.7 Å². The number of carbonyl (C=O) groups is 1. The van der Waals surface area contributed by atoms with Crippen LogP contribution in [0.4, 0.5) is 5.69 Å². The summed E-state index contributed by atoms with van der Waals surface area (Å²) in [4.78, 5) is 24.2. The highest BCUT2D eigenvalue weighted by Crippen LogP contribution is 2.28. The summed E-state index contributed by atoms with van der Waals surface area (Å²) in [5, 5.41) is 10.1. The second-order valence-corrected chi connectivity index (χ2v) is 7.12. The average Bonchev–Trinajstić information content (AvgIpc) is 3.25. The molecule has 1 aliphatic rings. The topological polar surface area (TPSA) is 98.2 Å². The maximum atomic E-state index is 12.2.